The van der Waals surface area contributed by atoms with Crippen molar-refractivity contribution < 1.29 is 4.79 Å². The predicted molar refractivity (Wildman–Crippen MR) is 112 cm³/mol. The number of aryl methyl sites for hydroxylation is 1. The van der Waals surface area contributed by atoms with Crippen LogP contribution in [-0.2, 0) is 11.3 Å². The first-order valence-electron chi connectivity index (χ1n) is 9.28. The lowest BCUT2D eigenvalue weighted by atomic mass is 10.1. The molecule has 4 rings (SSSR count). The van der Waals surface area contributed by atoms with Gasteiger partial charge in [-0.15, -0.1) is 11.3 Å². The van der Waals surface area contributed by atoms with E-state index < -0.39 is 0 Å². The highest BCUT2D eigenvalue weighted by Crippen LogP contribution is 2.23. The molecule has 0 unspecified atom stereocenters. The third kappa shape index (κ3) is 4.43. The Kier molecular flexibility index (Phi) is 5.32. The molecule has 1 aliphatic rings. The summed E-state index contributed by atoms with van der Waals surface area (Å²) < 4.78 is 1.24. The molecule has 0 spiro atoms. The van der Waals surface area contributed by atoms with Gasteiger partial charge in [0.1, 0.15) is 5.01 Å². The van der Waals surface area contributed by atoms with Crippen LogP contribution >= 0.6 is 11.3 Å². The normalized spacial score (nSPS) is 15.7. The maximum atomic E-state index is 12.4. The number of nitrogens with zero attached hydrogens (tertiary/aromatic N) is 3. The molecule has 27 heavy (non-hydrogen) atoms. The minimum absolute atomic E-state index is 0.0928. The van der Waals surface area contributed by atoms with Crippen molar-refractivity contribution in [2.24, 2.45) is 0 Å². The maximum absolute atomic E-state index is 12.4. The van der Waals surface area contributed by atoms with Crippen molar-refractivity contribution >= 4 is 33.5 Å². The van der Waals surface area contributed by atoms with Crippen molar-refractivity contribution in [3.63, 3.8) is 0 Å². The third-order valence-corrected chi connectivity index (χ3v) is 5.90. The molecule has 1 amide bonds. The molecule has 0 aliphatic carbocycles. The second-order valence-electron chi connectivity index (χ2n) is 6.92. The summed E-state index contributed by atoms with van der Waals surface area (Å²) in [5.41, 5.74) is 3.36. The van der Waals surface area contributed by atoms with Gasteiger partial charge in [0.2, 0.25) is 5.91 Å². The van der Waals surface area contributed by atoms with Gasteiger partial charge in [0.15, 0.2) is 0 Å². The number of fused-ring (bicyclic) bond motifs is 1. The van der Waals surface area contributed by atoms with Crippen molar-refractivity contribution in [1.29, 1.82) is 0 Å². The second kappa shape index (κ2) is 8.03. The number of hydrogen-bond donors (Lipinski definition) is 0. The lowest BCUT2D eigenvalue weighted by molar-refractivity contribution is -0.127. The Bertz CT molecular complexity index is 920. The van der Waals surface area contributed by atoms with E-state index in [1.165, 1.54) is 10.3 Å². The molecular weight excluding hydrogens is 354 g/mol. The fraction of sp³-hybridized carbons (Fsp3) is 0.273. The molecule has 1 saturated heterocycles. The van der Waals surface area contributed by atoms with Gasteiger partial charge in [-0.05, 0) is 30.7 Å². The number of carbonyl (C=O) groups excluding carboxylic acids is 1. The quantitative estimate of drug-likeness (QED) is 0.646. The van der Waals surface area contributed by atoms with Crippen molar-refractivity contribution in [3.05, 3.63) is 70.7 Å². The van der Waals surface area contributed by atoms with Crippen molar-refractivity contribution in [1.82, 2.24) is 14.8 Å². The summed E-state index contributed by atoms with van der Waals surface area (Å²) in [7, 11) is 0. The molecule has 0 radical (unpaired) electrons. The molecule has 0 saturated carbocycles. The molecule has 4 nitrogen and oxygen atoms in total. The summed E-state index contributed by atoms with van der Waals surface area (Å²) >= 11 is 1.76. The van der Waals surface area contributed by atoms with Crippen LogP contribution in [0.25, 0.3) is 16.3 Å². The van der Waals surface area contributed by atoms with Crippen molar-refractivity contribution in [2.45, 2.75) is 13.5 Å². The molecule has 0 N–H and O–H groups in total. The lowest BCUT2D eigenvalue weighted by Gasteiger charge is -2.33. The Morgan fingerprint density at radius 2 is 1.81 bits per heavy atom. The minimum Gasteiger partial charge on any atom is -0.337 e. The first-order valence-corrected chi connectivity index (χ1v) is 10.1. The SMILES string of the molecule is Cc1ccc(C=CC(=O)N2CCN(Cc3nc4ccccc4s3)CC2)cc1. The smallest absolute Gasteiger partial charge is 0.246 e. The van der Waals surface area contributed by atoms with E-state index in [0.717, 1.165) is 48.8 Å². The molecule has 0 bridgehead atoms. The fourth-order valence-electron chi connectivity index (χ4n) is 3.26. The van der Waals surface area contributed by atoms with Gasteiger partial charge in [-0.3, -0.25) is 9.69 Å². The van der Waals surface area contributed by atoms with Crippen LogP contribution in [0, 0.1) is 6.92 Å². The van der Waals surface area contributed by atoms with E-state index in [-0.39, 0.29) is 5.91 Å². The Balaban J connectivity index is 1.30. The number of rotatable bonds is 4. The fourth-order valence-corrected chi connectivity index (χ4v) is 4.27. The zero-order chi connectivity index (χ0) is 18.6. The molecule has 2 aromatic carbocycles. The van der Waals surface area contributed by atoms with Crippen molar-refractivity contribution in [2.75, 3.05) is 26.2 Å². The van der Waals surface area contributed by atoms with Gasteiger partial charge >= 0.3 is 0 Å². The van der Waals surface area contributed by atoms with E-state index in [1.807, 2.05) is 29.2 Å². The number of amides is 1. The maximum Gasteiger partial charge on any atom is 0.246 e. The number of benzene rings is 2. The Morgan fingerprint density at radius 3 is 2.56 bits per heavy atom. The van der Waals surface area contributed by atoms with Crippen LogP contribution < -0.4 is 0 Å². The van der Waals surface area contributed by atoms with E-state index in [9.17, 15) is 4.79 Å². The standard InChI is InChI=1S/C22H23N3OS/c1-17-6-8-18(9-7-17)10-11-22(26)25-14-12-24(13-15-25)16-21-23-19-4-2-3-5-20(19)27-21/h2-11H,12-16H2,1H3. The third-order valence-electron chi connectivity index (χ3n) is 4.88. The van der Waals surface area contributed by atoms with E-state index in [4.69, 9.17) is 4.98 Å². The topological polar surface area (TPSA) is 36.4 Å². The number of thiazole rings is 1. The van der Waals surface area contributed by atoms with Crippen LogP contribution in [0.3, 0.4) is 0 Å². The summed E-state index contributed by atoms with van der Waals surface area (Å²) in [6.07, 6.45) is 3.59. The molecule has 5 heteroatoms. The zero-order valence-electron chi connectivity index (χ0n) is 15.5. The molecule has 0 atom stereocenters. The van der Waals surface area contributed by atoms with Crippen LogP contribution in [0.4, 0.5) is 0 Å². The number of hydrogen-bond acceptors (Lipinski definition) is 4. The van der Waals surface area contributed by atoms with Crippen LogP contribution in [0.15, 0.2) is 54.6 Å². The average Bonchev–Trinajstić information content (AvgIpc) is 3.10. The highest BCUT2D eigenvalue weighted by molar-refractivity contribution is 7.18. The van der Waals surface area contributed by atoms with Crippen LogP contribution in [0.1, 0.15) is 16.1 Å². The Hall–Kier alpha value is -2.50. The predicted octanol–water partition coefficient (Wildman–Crippen LogP) is 3.96. The van der Waals surface area contributed by atoms with Gasteiger partial charge < -0.3 is 4.90 Å². The summed E-state index contributed by atoms with van der Waals surface area (Å²) in [6, 6.07) is 16.5. The average molecular weight is 378 g/mol. The Labute approximate surface area is 163 Å². The van der Waals surface area contributed by atoms with Gasteiger partial charge in [-0.25, -0.2) is 4.98 Å². The number of aromatic nitrogens is 1. The number of para-hydroxylation sites is 1. The van der Waals surface area contributed by atoms with Gasteiger partial charge in [0, 0.05) is 32.3 Å². The second-order valence-corrected chi connectivity index (χ2v) is 8.04. The molecule has 138 valence electrons. The molecule has 1 aliphatic heterocycles. The lowest BCUT2D eigenvalue weighted by Crippen LogP contribution is -2.47. The molecule has 3 aromatic rings. The summed E-state index contributed by atoms with van der Waals surface area (Å²) in [4.78, 5) is 21.5. The van der Waals surface area contributed by atoms with E-state index >= 15 is 0 Å². The highest BCUT2D eigenvalue weighted by atomic mass is 32.1. The molecule has 1 aromatic heterocycles. The van der Waals surface area contributed by atoms with E-state index in [2.05, 4.69) is 42.2 Å². The highest BCUT2D eigenvalue weighted by Gasteiger charge is 2.20. The zero-order valence-corrected chi connectivity index (χ0v) is 16.3. The van der Waals surface area contributed by atoms with Crippen LogP contribution in [0.2, 0.25) is 0 Å². The van der Waals surface area contributed by atoms with Gasteiger partial charge in [-0.1, -0.05) is 42.0 Å². The first kappa shape index (κ1) is 17.9. The van der Waals surface area contributed by atoms with E-state index in [1.54, 1.807) is 17.4 Å². The minimum atomic E-state index is 0.0928. The number of carbonyl (C=O) groups is 1. The molecule has 1 fully saturated rings. The molecule has 2 heterocycles. The first-order chi connectivity index (χ1) is 13.2. The largest absolute Gasteiger partial charge is 0.337 e. The van der Waals surface area contributed by atoms with Gasteiger partial charge in [-0.2, -0.15) is 0 Å². The van der Waals surface area contributed by atoms with Crippen LogP contribution in [0.5, 0.6) is 0 Å². The summed E-state index contributed by atoms with van der Waals surface area (Å²) in [6.45, 7) is 6.23. The monoisotopic (exact) mass is 377 g/mol. The Morgan fingerprint density at radius 1 is 1.07 bits per heavy atom. The van der Waals surface area contributed by atoms with Gasteiger partial charge in [0.05, 0.1) is 16.8 Å². The van der Waals surface area contributed by atoms with Gasteiger partial charge in [0.25, 0.3) is 0 Å². The summed E-state index contributed by atoms with van der Waals surface area (Å²) in [5, 5.41) is 1.15. The van der Waals surface area contributed by atoms with E-state index in [0.29, 0.717) is 0 Å². The van der Waals surface area contributed by atoms with Crippen molar-refractivity contribution in [3.8, 4) is 0 Å². The molecular formula is C22H23N3OS. The summed E-state index contributed by atoms with van der Waals surface area (Å²) in [5.74, 6) is 0.0928. The van der Waals surface area contributed by atoms with Crippen LogP contribution in [-0.4, -0.2) is 46.9 Å². The number of piperazine rings is 1.